The average molecular weight is 463 g/mol. The van der Waals surface area contributed by atoms with Gasteiger partial charge in [-0.3, -0.25) is 5.41 Å². The van der Waals surface area contributed by atoms with Gasteiger partial charge in [0.15, 0.2) is 11.5 Å². The predicted molar refractivity (Wildman–Crippen MR) is 127 cm³/mol. The molecule has 2 aromatic carbocycles. The van der Waals surface area contributed by atoms with Gasteiger partial charge in [0.05, 0.1) is 31.8 Å². The Morgan fingerprint density at radius 3 is 2.52 bits per heavy atom. The van der Waals surface area contributed by atoms with E-state index in [0.717, 1.165) is 40.8 Å². The number of nitrogens with one attached hydrogen (secondary N) is 1. The zero-order chi connectivity index (χ0) is 20.5. The van der Waals surface area contributed by atoms with Gasteiger partial charge in [0, 0.05) is 16.7 Å². The van der Waals surface area contributed by atoms with Crippen LogP contribution in [0.1, 0.15) is 23.1 Å². The lowest BCUT2D eigenvalue weighted by atomic mass is 10.0. The second-order valence-corrected chi connectivity index (χ2v) is 6.69. The van der Waals surface area contributed by atoms with E-state index in [-0.39, 0.29) is 30.6 Å². The van der Waals surface area contributed by atoms with Crippen molar-refractivity contribution in [3.8, 4) is 22.8 Å². The van der Waals surface area contributed by atoms with Crippen LogP contribution in [0, 0.1) is 5.41 Å². The fourth-order valence-corrected chi connectivity index (χ4v) is 3.59. The molecule has 1 heterocycles. The van der Waals surface area contributed by atoms with Crippen molar-refractivity contribution in [2.75, 3.05) is 20.0 Å². The summed E-state index contributed by atoms with van der Waals surface area (Å²) in [6, 6.07) is 11.3. The highest BCUT2D eigenvalue weighted by Gasteiger charge is 2.22. The van der Waals surface area contributed by atoms with Crippen molar-refractivity contribution < 1.29 is 9.47 Å². The van der Waals surface area contributed by atoms with Crippen molar-refractivity contribution in [1.29, 1.82) is 5.41 Å². The number of benzene rings is 2. The van der Waals surface area contributed by atoms with Crippen LogP contribution in [0.25, 0.3) is 11.3 Å². The molecule has 0 saturated carbocycles. The molecule has 0 amide bonds. The molecule has 1 aliphatic carbocycles. The number of aromatic nitrogens is 2. The molecule has 1 aromatic heterocycles. The maximum absolute atomic E-state index is 7.77. The lowest BCUT2D eigenvalue weighted by Crippen LogP contribution is -2.13. The van der Waals surface area contributed by atoms with Crippen molar-refractivity contribution in [3.63, 3.8) is 0 Å². The normalized spacial score (nSPS) is 13.2. The molecule has 5 N–H and O–H groups in total. The Morgan fingerprint density at radius 1 is 1.10 bits per heavy atom. The average Bonchev–Trinajstić information content (AvgIpc) is 3.31. The van der Waals surface area contributed by atoms with Gasteiger partial charge in [-0.1, -0.05) is 18.2 Å². The highest BCUT2D eigenvalue weighted by Crippen LogP contribution is 2.32. The summed E-state index contributed by atoms with van der Waals surface area (Å²) in [7, 11) is 3.19. The van der Waals surface area contributed by atoms with Crippen molar-refractivity contribution in [2.45, 2.75) is 12.8 Å². The van der Waals surface area contributed by atoms with E-state index in [1.807, 2.05) is 36.4 Å². The van der Waals surface area contributed by atoms with E-state index in [1.165, 1.54) is 0 Å². The molecule has 3 aromatic rings. The highest BCUT2D eigenvalue weighted by atomic mass is 35.5. The number of nitrogens with zero attached hydrogens (tertiary/aromatic N) is 3. The maximum atomic E-state index is 7.77. The fraction of sp³-hybridized carbons (Fsp3) is 0.190. The van der Waals surface area contributed by atoms with Gasteiger partial charge in [-0.2, -0.15) is 5.10 Å². The van der Waals surface area contributed by atoms with Crippen LogP contribution in [-0.2, 0) is 6.42 Å². The monoisotopic (exact) mass is 462 g/mol. The summed E-state index contributed by atoms with van der Waals surface area (Å²) in [4.78, 5) is 4.44. The number of ether oxygens (including phenoxy) is 2. The molecular formula is C21H24Cl2N6O2. The minimum Gasteiger partial charge on any atom is -0.493 e. The van der Waals surface area contributed by atoms with Crippen LogP contribution >= 0.6 is 24.8 Å². The Kier molecular flexibility index (Phi) is 7.54. The van der Waals surface area contributed by atoms with Crippen LogP contribution in [0.2, 0.25) is 0 Å². The first kappa shape index (κ1) is 24.0. The number of halogens is 2. The SMILES string of the molecule is COc1ccc(-c2cn(/N=C3\CCc4c(C(=N)N)cccc43)c(N)n2)cc1OC.Cl.Cl. The molecule has 4 rings (SSSR count). The number of amidine groups is 1. The maximum Gasteiger partial charge on any atom is 0.221 e. The van der Waals surface area contributed by atoms with Crippen molar-refractivity contribution in [3.05, 3.63) is 59.3 Å². The summed E-state index contributed by atoms with van der Waals surface area (Å²) in [5, 5.41) is 12.5. The van der Waals surface area contributed by atoms with Crippen LogP contribution < -0.4 is 20.9 Å². The summed E-state index contributed by atoms with van der Waals surface area (Å²) in [6.45, 7) is 0. The van der Waals surface area contributed by atoms with Crippen LogP contribution in [0.5, 0.6) is 11.5 Å². The number of hydrogen-bond donors (Lipinski definition) is 3. The number of nitrogens with two attached hydrogens (primary N) is 2. The van der Waals surface area contributed by atoms with E-state index in [0.29, 0.717) is 23.1 Å². The summed E-state index contributed by atoms with van der Waals surface area (Å²) >= 11 is 0. The zero-order valence-corrected chi connectivity index (χ0v) is 18.7. The second kappa shape index (κ2) is 9.72. The third kappa shape index (κ3) is 4.45. The van der Waals surface area contributed by atoms with Gasteiger partial charge in [-0.25, -0.2) is 9.66 Å². The summed E-state index contributed by atoms with van der Waals surface area (Å²) in [5.41, 5.74) is 17.1. The topological polar surface area (TPSA) is 125 Å². The largest absolute Gasteiger partial charge is 0.493 e. The van der Waals surface area contributed by atoms with Crippen LogP contribution in [-0.4, -0.2) is 35.4 Å². The molecule has 164 valence electrons. The predicted octanol–water partition coefficient (Wildman–Crippen LogP) is 3.48. The summed E-state index contributed by atoms with van der Waals surface area (Å²) < 4.78 is 12.2. The van der Waals surface area contributed by atoms with Gasteiger partial charge in [0.25, 0.3) is 0 Å². The van der Waals surface area contributed by atoms with E-state index in [2.05, 4.69) is 4.98 Å². The number of anilines is 1. The van der Waals surface area contributed by atoms with Gasteiger partial charge < -0.3 is 20.9 Å². The van der Waals surface area contributed by atoms with Crippen LogP contribution in [0.3, 0.4) is 0 Å². The number of imidazole rings is 1. The lowest BCUT2D eigenvalue weighted by Gasteiger charge is -2.08. The minimum atomic E-state index is 0. The highest BCUT2D eigenvalue weighted by molar-refractivity contribution is 6.08. The third-order valence-corrected chi connectivity index (χ3v) is 5.01. The van der Waals surface area contributed by atoms with Gasteiger partial charge >= 0.3 is 0 Å². The first-order chi connectivity index (χ1) is 14.0. The molecule has 0 saturated heterocycles. The quantitative estimate of drug-likeness (QED) is 0.395. The van der Waals surface area contributed by atoms with Crippen LogP contribution in [0.4, 0.5) is 5.95 Å². The molecular weight excluding hydrogens is 439 g/mol. The van der Waals surface area contributed by atoms with Crippen molar-refractivity contribution in [2.24, 2.45) is 10.8 Å². The number of fused-ring (bicyclic) bond motifs is 1. The van der Waals surface area contributed by atoms with E-state index < -0.39 is 0 Å². The number of hydrogen-bond acceptors (Lipinski definition) is 6. The molecule has 0 fully saturated rings. The Balaban J connectivity index is 0.00000171. The molecule has 0 atom stereocenters. The smallest absolute Gasteiger partial charge is 0.221 e. The first-order valence-corrected chi connectivity index (χ1v) is 9.13. The Bertz CT molecular complexity index is 1140. The molecule has 10 heteroatoms. The molecule has 1 aliphatic rings. The van der Waals surface area contributed by atoms with Gasteiger partial charge in [0.1, 0.15) is 5.84 Å². The molecule has 0 bridgehead atoms. The molecule has 31 heavy (non-hydrogen) atoms. The Hall–Kier alpha value is -3.23. The Morgan fingerprint density at radius 2 is 1.84 bits per heavy atom. The second-order valence-electron chi connectivity index (χ2n) is 6.69. The van der Waals surface area contributed by atoms with Gasteiger partial charge in [0.2, 0.25) is 5.95 Å². The molecule has 0 aliphatic heterocycles. The van der Waals surface area contributed by atoms with E-state index in [9.17, 15) is 0 Å². The van der Waals surface area contributed by atoms with E-state index in [4.69, 9.17) is 31.5 Å². The number of nitrogen functional groups attached to an aromatic ring is 2. The molecule has 0 spiro atoms. The van der Waals surface area contributed by atoms with E-state index >= 15 is 0 Å². The van der Waals surface area contributed by atoms with Crippen molar-refractivity contribution >= 4 is 42.3 Å². The molecule has 0 radical (unpaired) electrons. The first-order valence-electron chi connectivity index (χ1n) is 9.13. The Labute approximate surface area is 192 Å². The molecule has 0 unspecified atom stereocenters. The van der Waals surface area contributed by atoms with E-state index in [1.54, 1.807) is 25.1 Å². The molecule has 8 nitrogen and oxygen atoms in total. The van der Waals surface area contributed by atoms with Gasteiger partial charge in [-0.05, 0) is 36.6 Å². The standard InChI is InChI=1S/C21H22N6O2.2ClH/c1-28-18-9-6-12(10-19(18)29-2)17-11-27(21(24)25-17)26-16-8-7-13-14(16)4-3-5-15(13)20(22)23;;/h3-6,9-11H,7-8H2,1-2H3,(H3,22,23)(H2,24,25);2*1H/b26-16+;;. The van der Waals surface area contributed by atoms with Crippen LogP contribution in [0.15, 0.2) is 47.7 Å². The summed E-state index contributed by atoms with van der Waals surface area (Å²) in [5.74, 6) is 1.62. The third-order valence-electron chi connectivity index (χ3n) is 5.01. The zero-order valence-electron chi connectivity index (χ0n) is 17.1. The summed E-state index contributed by atoms with van der Waals surface area (Å²) in [6.07, 6.45) is 3.33. The van der Waals surface area contributed by atoms with Gasteiger partial charge in [-0.15, -0.1) is 24.8 Å². The number of methoxy groups -OCH3 is 2. The minimum absolute atomic E-state index is 0. The van der Waals surface area contributed by atoms with Crippen molar-refractivity contribution in [1.82, 2.24) is 9.66 Å². The fourth-order valence-electron chi connectivity index (χ4n) is 3.59. The lowest BCUT2D eigenvalue weighted by molar-refractivity contribution is 0.355. The number of rotatable bonds is 5.